The molecule has 0 radical (unpaired) electrons. The molecule has 1 saturated carbocycles. The molecule has 1 N–H and O–H groups in total. The molecule has 2 fully saturated rings. The highest BCUT2D eigenvalue weighted by atomic mass is 28.3. The molecule has 7 atom stereocenters. The summed E-state index contributed by atoms with van der Waals surface area (Å²) in [6, 6.07) is 5.90. The molecule has 200 valence electrons. The van der Waals surface area contributed by atoms with Crippen molar-refractivity contribution in [2.24, 2.45) is 29.6 Å². The third-order valence-corrected chi connectivity index (χ3v) is 13.9. The van der Waals surface area contributed by atoms with Crippen LogP contribution < -0.4 is 5.32 Å². The predicted molar refractivity (Wildman–Crippen MR) is 151 cm³/mol. The van der Waals surface area contributed by atoms with E-state index in [1.165, 1.54) is 12.1 Å². The highest BCUT2D eigenvalue weighted by Crippen LogP contribution is 2.59. The zero-order valence-electron chi connectivity index (χ0n) is 22.4. The van der Waals surface area contributed by atoms with Gasteiger partial charge in [-0.3, -0.25) is 5.32 Å². The Balaban J connectivity index is 1.36. The van der Waals surface area contributed by atoms with E-state index in [4.69, 9.17) is 0 Å². The quantitative estimate of drug-likeness (QED) is 0.401. The number of nitrogens with zero attached hydrogens (tertiary/aromatic N) is 1. The molecule has 1 heterocycles. The van der Waals surface area contributed by atoms with Gasteiger partial charge < -0.3 is 4.57 Å². The topological polar surface area (TPSA) is 15.3 Å². The molecule has 0 bridgehead atoms. The molecule has 5 unspecified atom stereocenters. The van der Waals surface area contributed by atoms with E-state index in [9.17, 15) is 13.2 Å². The van der Waals surface area contributed by atoms with Gasteiger partial charge >= 0.3 is 6.18 Å². The molecular formula is C32H37F3N2Si. The van der Waals surface area contributed by atoms with Gasteiger partial charge in [-0.1, -0.05) is 106 Å². The van der Waals surface area contributed by atoms with E-state index in [1.54, 1.807) is 12.1 Å². The van der Waals surface area contributed by atoms with Crippen LogP contribution in [0.1, 0.15) is 25.0 Å². The van der Waals surface area contributed by atoms with E-state index in [2.05, 4.69) is 104 Å². The standard InChI is InChI=1S/C32H37F3N2Si/c1-20(2)31-36-29-23(21-16-18-22(19-17-21)32(33,34)35)14-9-15-28(29)37(31)38(3,4)30-26-12-7-5-10-24(26)25-11-6-8-13-27(25)30/h5-20,24-31,36H,1-4H3/t24?,25?,26?,27?,28-,29?,30?,31+/m1/s1. The Morgan fingerprint density at radius 2 is 1.34 bits per heavy atom. The number of allylic oxidation sites excluding steroid dienone is 10. The summed E-state index contributed by atoms with van der Waals surface area (Å²) < 4.78 is 42.5. The van der Waals surface area contributed by atoms with Gasteiger partial charge in [0.25, 0.3) is 0 Å². The van der Waals surface area contributed by atoms with Crippen LogP contribution in [0.3, 0.4) is 0 Å². The van der Waals surface area contributed by atoms with Crippen molar-refractivity contribution in [3.8, 4) is 0 Å². The van der Waals surface area contributed by atoms with E-state index >= 15 is 0 Å². The van der Waals surface area contributed by atoms with Gasteiger partial charge in [0.05, 0.1) is 17.8 Å². The van der Waals surface area contributed by atoms with Gasteiger partial charge in [0.2, 0.25) is 0 Å². The maximum atomic E-state index is 13.2. The van der Waals surface area contributed by atoms with Gasteiger partial charge in [0.15, 0.2) is 0 Å². The molecule has 38 heavy (non-hydrogen) atoms. The number of alkyl halides is 3. The maximum Gasteiger partial charge on any atom is 0.416 e. The highest BCUT2D eigenvalue weighted by Gasteiger charge is 2.59. The molecule has 0 spiro atoms. The number of hydrogen-bond donors (Lipinski definition) is 1. The van der Waals surface area contributed by atoms with Crippen LogP contribution in [0.25, 0.3) is 5.57 Å². The van der Waals surface area contributed by atoms with Crippen LogP contribution in [0.5, 0.6) is 0 Å². The molecule has 6 heteroatoms. The smallest absolute Gasteiger partial charge is 0.301 e. The normalized spacial score (nSPS) is 35.9. The van der Waals surface area contributed by atoms with Crippen LogP contribution in [0, 0.1) is 29.6 Å². The number of benzene rings is 1. The van der Waals surface area contributed by atoms with Crippen LogP contribution in [0.2, 0.25) is 18.6 Å². The number of nitrogens with one attached hydrogen (secondary N) is 1. The number of rotatable bonds is 4. The van der Waals surface area contributed by atoms with E-state index < -0.39 is 20.0 Å². The van der Waals surface area contributed by atoms with Crippen molar-refractivity contribution >= 4 is 13.8 Å². The average Bonchev–Trinajstić information content (AvgIpc) is 3.46. The van der Waals surface area contributed by atoms with Crippen molar-refractivity contribution in [3.05, 3.63) is 102 Å². The lowest BCUT2D eigenvalue weighted by Gasteiger charge is -2.49. The van der Waals surface area contributed by atoms with Gasteiger partial charge in [-0.05, 0) is 58.4 Å². The zero-order chi connectivity index (χ0) is 26.8. The number of halogens is 3. The minimum atomic E-state index is -4.33. The Morgan fingerprint density at radius 1 is 0.789 bits per heavy atom. The summed E-state index contributed by atoms with van der Waals surface area (Å²) >= 11 is 0. The maximum absolute atomic E-state index is 13.2. The largest absolute Gasteiger partial charge is 0.416 e. The van der Waals surface area contributed by atoms with Crippen molar-refractivity contribution < 1.29 is 13.2 Å². The van der Waals surface area contributed by atoms with E-state index in [1.807, 2.05) is 0 Å². The van der Waals surface area contributed by atoms with Crippen molar-refractivity contribution in [2.45, 2.75) is 56.9 Å². The fourth-order valence-corrected chi connectivity index (χ4v) is 13.1. The Labute approximate surface area is 225 Å². The third kappa shape index (κ3) is 4.07. The van der Waals surface area contributed by atoms with Crippen molar-refractivity contribution in [1.82, 2.24) is 9.88 Å². The number of hydrogen-bond acceptors (Lipinski definition) is 2. The Morgan fingerprint density at radius 3 is 1.87 bits per heavy atom. The van der Waals surface area contributed by atoms with Crippen LogP contribution in [-0.4, -0.2) is 31.1 Å². The first-order chi connectivity index (χ1) is 18.1. The van der Waals surface area contributed by atoms with Gasteiger partial charge in [0, 0.05) is 6.04 Å². The van der Waals surface area contributed by atoms with Crippen LogP contribution in [-0.2, 0) is 6.18 Å². The SMILES string of the molecule is CC(C)[C@H]1NC2C(c3ccc(C(F)(F)F)cc3)=CC=C[C@H]2N1[Si](C)(C)C1C2C=CC=CC2C2C=CC=CC21. The first-order valence-electron chi connectivity index (χ1n) is 13.9. The molecular weight excluding hydrogens is 497 g/mol. The van der Waals surface area contributed by atoms with Crippen LogP contribution >= 0.6 is 0 Å². The Hall–Kier alpha value is -2.41. The van der Waals surface area contributed by atoms with Gasteiger partial charge in [-0.25, -0.2) is 0 Å². The summed E-state index contributed by atoms with van der Waals surface area (Å²) in [6.45, 7) is 9.67. The van der Waals surface area contributed by atoms with Gasteiger partial charge in [-0.15, -0.1) is 0 Å². The van der Waals surface area contributed by atoms with Gasteiger partial charge in [-0.2, -0.15) is 13.2 Å². The lowest BCUT2D eigenvalue weighted by Crippen LogP contribution is -2.61. The molecule has 0 amide bonds. The molecule has 1 aliphatic heterocycles. The fourth-order valence-electron chi connectivity index (χ4n) is 8.09. The van der Waals surface area contributed by atoms with Gasteiger partial charge in [0.1, 0.15) is 8.24 Å². The van der Waals surface area contributed by atoms with Crippen molar-refractivity contribution in [1.29, 1.82) is 0 Å². The first-order valence-corrected chi connectivity index (χ1v) is 16.9. The molecule has 2 nitrogen and oxygen atoms in total. The van der Waals surface area contributed by atoms with Crippen molar-refractivity contribution in [2.75, 3.05) is 0 Å². The monoisotopic (exact) mass is 534 g/mol. The summed E-state index contributed by atoms with van der Waals surface area (Å²) in [5, 5.41) is 3.96. The van der Waals surface area contributed by atoms with Crippen molar-refractivity contribution in [3.63, 3.8) is 0 Å². The minimum Gasteiger partial charge on any atom is -0.301 e. The Bertz CT molecular complexity index is 1220. The molecule has 1 aromatic rings. The second kappa shape index (κ2) is 9.35. The van der Waals surface area contributed by atoms with Crippen LogP contribution in [0.4, 0.5) is 13.2 Å². The summed E-state index contributed by atoms with van der Waals surface area (Å²) in [7, 11) is -2.08. The summed E-state index contributed by atoms with van der Waals surface area (Å²) in [5.41, 5.74) is 1.90. The zero-order valence-corrected chi connectivity index (χ0v) is 23.4. The molecule has 6 rings (SSSR count). The molecule has 5 aliphatic rings. The van der Waals surface area contributed by atoms with Crippen LogP contribution in [0.15, 0.2) is 91.1 Å². The van der Waals surface area contributed by atoms with E-state index in [0.717, 1.165) is 11.1 Å². The van der Waals surface area contributed by atoms with E-state index in [0.29, 0.717) is 35.1 Å². The molecule has 1 aromatic carbocycles. The van der Waals surface area contributed by atoms with E-state index in [-0.39, 0.29) is 18.2 Å². The summed E-state index contributed by atoms with van der Waals surface area (Å²) in [5.74, 6) is 2.51. The average molecular weight is 535 g/mol. The third-order valence-electron chi connectivity index (χ3n) is 9.61. The predicted octanol–water partition coefficient (Wildman–Crippen LogP) is 7.59. The lowest BCUT2D eigenvalue weighted by molar-refractivity contribution is -0.137. The highest BCUT2D eigenvalue weighted by molar-refractivity contribution is 6.76. The molecule has 1 saturated heterocycles. The summed E-state index contributed by atoms with van der Waals surface area (Å²) in [4.78, 5) is 0. The molecule has 4 aliphatic carbocycles. The second-order valence-electron chi connectivity index (χ2n) is 12.3. The minimum absolute atomic E-state index is 0.0486. The first kappa shape index (κ1) is 25.8. The molecule has 0 aromatic heterocycles. The fraction of sp³-hybridized carbons (Fsp3) is 0.438. The summed E-state index contributed by atoms with van der Waals surface area (Å²) in [6.07, 6.45) is 21.1. The Kier molecular flexibility index (Phi) is 6.36. The number of fused-ring (bicyclic) bond motifs is 4. The second-order valence-corrected chi connectivity index (χ2v) is 16.8. The lowest BCUT2D eigenvalue weighted by atomic mass is 9.83.